The molecule has 0 spiro atoms. The van der Waals surface area contributed by atoms with E-state index in [4.69, 9.17) is 9.78 Å². The zero-order chi connectivity index (χ0) is 12.8. The monoisotopic (exact) mass is 268 g/mol. The number of carbonyl (C=O) groups is 1. The van der Waals surface area contributed by atoms with E-state index in [0.717, 1.165) is 11.1 Å². The number of carboxylic acid groups (broad SMARTS) is 1. The van der Waals surface area contributed by atoms with Crippen LogP contribution >= 0.6 is 0 Å². The van der Waals surface area contributed by atoms with Crippen molar-refractivity contribution in [1.82, 2.24) is 0 Å². The van der Waals surface area contributed by atoms with E-state index in [9.17, 15) is 9.90 Å². The molecule has 0 fully saturated rings. The standard InChI is InChI=1S/C14H14O4.Na/c1-13-8-9-14(18-17-13,7-6-12(15)16)11-5-3-2-4-10(11)13;/h2-5,8-9H,6-7H2,1H3,(H,15,16);/q;+1/p-1/t13-,14+;/m1./s1. The molecule has 94 valence electrons. The van der Waals surface area contributed by atoms with Gasteiger partial charge in [0, 0.05) is 5.97 Å². The predicted octanol–water partition coefficient (Wildman–Crippen LogP) is -1.84. The third-order valence-corrected chi connectivity index (χ3v) is 3.65. The molecule has 4 rings (SSSR count). The Hall–Kier alpha value is -0.650. The Kier molecular flexibility index (Phi) is 3.91. The van der Waals surface area contributed by atoms with Crippen LogP contribution in [-0.4, -0.2) is 5.97 Å². The Balaban J connectivity index is 0.00000133. The first-order valence-corrected chi connectivity index (χ1v) is 5.93. The van der Waals surface area contributed by atoms with Crippen LogP contribution in [0, 0.1) is 0 Å². The van der Waals surface area contributed by atoms with Crippen molar-refractivity contribution in [2.24, 2.45) is 0 Å². The first kappa shape index (κ1) is 14.8. The molecule has 0 aromatic heterocycles. The summed E-state index contributed by atoms with van der Waals surface area (Å²) in [4.78, 5) is 21.5. The number of rotatable bonds is 3. The molecule has 0 saturated heterocycles. The van der Waals surface area contributed by atoms with Crippen molar-refractivity contribution >= 4 is 5.97 Å². The van der Waals surface area contributed by atoms with Gasteiger partial charge in [-0.3, -0.25) is 0 Å². The van der Waals surface area contributed by atoms with Gasteiger partial charge in [0.1, 0.15) is 11.2 Å². The fourth-order valence-corrected chi connectivity index (χ4v) is 2.61. The second kappa shape index (κ2) is 5.04. The summed E-state index contributed by atoms with van der Waals surface area (Å²) in [6, 6.07) is 7.79. The van der Waals surface area contributed by atoms with Crippen LogP contribution in [0.3, 0.4) is 0 Å². The average Bonchev–Trinajstić information content (AvgIpc) is 2.39. The Bertz CT molecular complexity index is 542. The van der Waals surface area contributed by atoms with E-state index in [1.54, 1.807) is 0 Å². The molecule has 2 bridgehead atoms. The second-order valence-corrected chi connectivity index (χ2v) is 4.91. The quantitative estimate of drug-likeness (QED) is 0.367. The van der Waals surface area contributed by atoms with Crippen LogP contribution in [0.5, 0.6) is 0 Å². The first-order valence-electron chi connectivity index (χ1n) is 5.93. The minimum Gasteiger partial charge on any atom is -0.550 e. The Morgan fingerprint density at radius 1 is 1.21 bits per heavy atom. The van der Waals surface area contributed by atoms with Crippen molar-refractivity contribution in [2.45, 2.75) is 31.0 Å². The minimum absolute atomic E-state index is 0. The van der Waals surface area contributed by atoms with Gasteiger partial charge < -0.3 is 9.90 Å². The number of carbonyl (C=O) groups excluding carboxylic acids is 1. The summed E-state index contributed by atoms with van der Waals surface area (Å²) in [7, 11) is 0. The summed E-state index contributed by atoms with van der Waals surface area (Å²) in [5, 5.41) is 10.7. The van der Waals surface area contributed by atoms with Gasteiger partial charge in [-0.25, -0.2) is 9.78 Å². The molecule has 19 heavy (non-hydrogen) atoms. The van der Waals surface area contributed by atoms with Crippen LogP contribution in [-0.2, 0) is 25.8 Å². The van der Waals surface area contributed by atoms with Gasteiger partial charge in [-0.05, 0) is 43.0 Å². The summed E-state index contributed by atoms with van der Waals surface area (Å²) in [6.45, 7) is 1.92. The minimum atomic E-state index is -1.09. The van der Waals surface area contributed by atoms with Crippen molar-refractivity contribution in [1.29, 1.82) is 0 Å². The smallest absolute Gasteiger partial charge is 0.550 e. The van der Waals surface area contributed by atoms with E-state index in [2.05, 4.69) is 0 Å². The van der Waals surface area contributed by atoms with Gasteiger partial charge in [-0.15, -0.1) is 0 Å². The summed E-state index contributed by atoms with van der Waals surface area (Å²) >= 11 is 0. The van der Waals surface area contributed by atoms with E-state index >= 15 is 0 Å². The largest absolute Gasteiger partial charge is 1.00 e. The molecule has 3 aliphatic rings. The normalized spacial score (nSPS) is 30.6. The van der Waals surface area contributed by atoms with Crippen LogP contribution in [0.1, 0.15) is 30.9 Å². The van der Waals surface area contributed by atoms with Crippen LogP contribution in [0.2, 0.25) is 0 Å². The van der Waals surface area contributed by atoms with E-state index in [1.165, 1.54) is 0 Å². The summed E-state index contributed by atoms with van der Waals surface area (Å²) < 4.78 is 0. The van der Waals surface area contributed by atoms with Gasteiger partial charge in [0.15, 0.2) is 0 Å². The Morgan fingerprint density at radius 3 is 2.47 bits per heavy atom. The SMILES string of the molecule is C[C@]12C=C[C@](CCC(=O)[O-])(OO1)c1ccccc12.[Na+]. The van der Waals surface area contributed by atoms with E-state index < -0.39 is 17.2 Å². The van der Waals surface area contributed by atoms with Crippen LogP contribution < -0.4 is 34.7 Å². The van der Waals surface area contributed by atoms with E-state index in [1.807, 2.05) is 43.3 Å². The third-order valence-electron chi connectivity index (χ3n) is 3.65. The van der Waals surface area contributed by atoms with Crippen LogP contribution in [0.25, 0.3) is 0 Å². The molecule has 2 heterocycles. The van der Waals surface area contributed by atoms with E-state index in [-0.39, 0.29) is 36.0 Å². The van der Waals surface area contributed by atoms with Gasteiger partial charge in [-0.2, -0.15) is 0 Å². The number of hydrogen-bond donors (Lipinski definition) is 0. The molecular formula is C14H13NaO4. The van der Waals surface area contributed by atoms with Crippen LogP contribution in [0.15, 0.2) is 36.4 Å². The van der Waals surface area contributed by atoms with Gasteiger partial charge in [0.25, 0.3) is 0 Å². The molecule has 2 aliphatic heterocycles. The molecule has 1 aliphatic carbocycles. The molecule has 0 amide bonds. The molecule has 0 radical (unpaired) electrons. The van der Waals surface area contributed by atoms with Gasteiger partial charge in [0.2, 0.25) is 0 Å². The molecule has 0 unspecified atom stereocenters. The van der Waals surface area contributed by atoms with Crippen molar-refractivity contribution in [3.05, 3.63) is 47.5 Å². The van der Waals surface area contributed by atoms with Crippen molar-refractivity contribution in [3.63, 3.8) is 0 Å². The molecular weight excluding hydrogens is 255 g/mol. The second-order valence-electron chi connectivity index (χ2n) is 4.91. The van der Waals surface area contributed by atoms with Crippen molar-refractivity contribution < 1.29 is 49.2 Å². The van der Waals surface area contributed by atoms with Gasteiger partial charge >= 0.3 is 29.6 Å². The Morgan fingerprint density at radius 2 is 1.89 bits per heavy atom. The van der Waals surface area contributed by atoms with Crippen LogP contribution in [0.4, 0.5) is 0 Å². The predicted molar refractivity (Wildman–Crippen MR) is 61.0 cm³/mol. The molecule has 1 aromatic rings. The molecule has 0 saturated carbocycles. The zero-order valence-electron chi connectivity index (χ0n) is 11.0. The maximum atomic E-state index is 10.7. The molecule has 2 atom stereocenters. The maximum absolute atomic E-state index is 10.7. The average molecular weight is 268 g/mol. The van der Waals surface area contributed by atoms with Crippen molar-refractivity contribution in [3.8, 4) is 0 Å². The van der Waals surface area contributed by atoms with Gasteiger partial charge in [0.05, 0.1) is 0 Å². The zero-order valence-corrected chi connectivity index (χ0v) is 13.0. The molecule has 5 heteroatoms. The third kappa shape index (κ3) is 2.28. The summed E-state index contributed by atoms with van der Waals surface area (Å²) in [5.74, 6) is -1.09. The van der Waals surface area contributed by atoms with E-state index in [0.29, 0.717) is 6.42 Å². The molecule has 0 N–H and O–H groups in total. The number of carboxylic acids is 1. The number of benzene rings is 1. The maximum Gasteiger partial charge on any atom is 1.00 e. The molecule has 4 nitrogen and oxygen atoms in total. The van der Waals surface area contributed by atoms with Crippen molar-refractivity contribution in [2.75, 3.05) is 0 Å². The summed E-state index contributed by atoms with van der Waals surface area (Å²) in [6.07, 6.45) is 4.05. The topological polar surface area (TPSA) is 58.6 Å². The first-order chi connectivity index (χ1) is 8.56. The number of fused-ring (bicyclic) bond motifs is 1. The fraction of sp³-hybridized carbons (Fsp3) is 0.357. The molecule has 1 aromatic carbocycles. The fourth-order valence-electron chi connectivity index (χ4n) is 2.61. The van der Waals surface area contributed by atoms with Gasteiger partial charge in [-0.1, -0.05) is 24.3 Å². The number of aliphatic carboxylic acids is 1. The summed E-state index contributed by atoms with van der Waals surface area (Å²) in [5.41, 5.74) is 0.619. The number of hydrogen-bond acceptors (Lipinski definition) is 4. The Labute approximate surface area is 133 Å².